The topological polar surface area (TPSA) is 82.0 Å². The van der Waals surface area contributed by atoms with Gasteiger partial charge in [-0.2, -0.15) is 5.10 Å². The highest BCUT2D eigenvalue weighted by Gasteiger charge is 2.28. The summed E-state index contributed by atoms with van der Waals surface area (Å²) in [5, 5.41) is 11.2. The van der Waals surface area contributed by atoms with Crippen molar-refractivity contribution in [3.8, 4) is 0 Å². The summed E-state index contributed by atoms with van der Waals surface area (Å²) in [6.45, 7) is 47.3. The van der Waals surface area contributed by atoms with E-state index >= 15 is 0 Å². The number of pyridine rings is 1. The Labute approximate surface area is 471 Å². The number of allylic oxidation sites excluding steroid dienone is 1. The van der Waals surface area contributed by atoms with E-state index in [-0.39, 0.29) is 0 Å². The zero-order chi connectivity index (χ0) is 55.5. The number of rotatable bonds is 11. The van der Waals surface area contributed by atoms with Crippen LogP contribution >= 0.6 is 0 Å². The Morgan fingerprint density at radius 3 is 1.42 bits per heavy atom. The van der Waals surface area contributed by atoms with Crippen LogP contribution in [0.5, 0.6) is 0 Å². The van der Waals surface area contributed by atoms with Crippen molar-refractivity contribution in [1.29, 1.82) is 0 Å². The molecule has 0 amide bonds. The predicted molar refractivity (Wildman–Crippen MR) is 335 cm³/mol. The number of anilines is 3. The summed E-state index contributed by atoms with van der Waals surface area (Å²) < 4.78 is 0. The van der Waals surface area contributed by atoms with Crippen LogP contribution in [-0.4, -0.2) is 237 Å². The van der Waals surface area contributed by atoms with Gasteiger partial charge in [-0.15, -0.1) is 5.10 Å². The van der Waals surface area contributed by atoms with Crippen LogP contribution < -0.4 is 20.0 Å². The lowest BCUT2D eigenvalue weighted by atomic mass is 9.96. The molecule has 1 aromatic heterocycles. The summed E-state index contributed by atoms with van der Waals surface area (Å²) in [4.78, 5) is 29.3. The third kappa shape index (κ3) is 24.2. The first-order valence-electron chi connectivity index (χ1n) is 30.4. The standard InChI is InChI=1S/C16H29N5.C16H26N4.C15H23N3.C10H14N2.3C2H6/c1-4-5-16(18-17-2)21-12-10-20(11-13-21)14-15-6-8-19(3)9-7-15;1-18-10-12-19(13-11-18)14-15-5-8-20(9-6-15)16-4-2-3-7-17-16;1-16-11-14(12-16)13-17-7-9-18(10-8-17)15-5-3-2-4-6-15;1-2-4-10(5-3-1)12-8-6-11-7-9-12;3*1-2/h4-5,15H,2,6-14H2,1,3H3;2-4,7,15H,5-6,8-14H2,1H3;2-6,14H,7-13H2,1H3;1-5,11H,6-9H2;3*1-2H3/b5-4-,18-16+;;;;;;. The van der Waals surface area contributed by atoms with Crippen LogP contribution in [-0.2, 0) is 0 Å². The monoisotopic (exact) mass is 1060 g/mol. The van der Waals surface area contributed by atoms with Crippen LogP contribution in [0.25, 0.3) is 0 Å². The molecular weight excluding hydrogens is 953 g/mol. The van der Waals surface area contributed by atoms with E-state index in [2.05, 4.69) is 170 Å². The van der Waals surface area contributed by atoms with E-state index in [9.17, 15) is 0 Å². The van der Waals surface area contributed by atoms with Gasteiger partial charge in [-0.05, 0) is 127 Å². The molecule has 0 radical (unpaired) electrons. The van der Waals surface area contributed by atoms with Crippen LogP contribution in [0.2, 0.25) is 0 Å². The minimum Gasteiger partial charge on any atom is -0.369 e. The molecule has 7 fully saturated rings. The fourth-order valence-corrected chi connectivity index (χ4v) is 11.2. The smallest absolute Gasteiger partial charge is 0.150 e. The summed E-state index contributed by atoms with van der Waals surface area (Å²) in [6, 6.07) is 27.6. The van der Waals surface area contributed by atoms with Gasteiger partial charge in [0.15, 0.2) is 5.84 Å². The number of amidine groups is 1. The molecule has 0 atom stereocenters. The molecule has 77 heavy (non-hydrogen) atoms. The normalized spacial score (nSPS) is 20.9. The molecule has 7 aliphatic heterocycles. The Morgan fingerprint density at radius 1 is 0.506 bits per heavy atom. The lowest BCUT2D eigenvalue weighted by Gasteiger charge is -2.42. The molecule has 7 saturated heterocycles. The zero-order valence-corrected chi connectivity index (χ0v) is 50.5. The quantitative estimate of drug-likeness (QED) is 0.114. The van der Waals surface area contributed by atoms with Gasteiger partial charge in [0.1, 0.15) is 5.82 Å². The fraction of sp³-hybridized carbons (Fsp3) is 0.667. The highest BCUT2D eigenvalue weighted by atomic mass is 15.3. The molecule has 7 aliphatic rings. The van der Waals surface area contributed by atoms with Gasteiger partial charge in [0.25, 0.3) is 0 Å². The first-order chi connectivity index (χ1) is 37.8. The minimum absolute atomic E-state index is 0.873. The van der Waals surface area contributed by atoms with Gasteiger partial charge in [0.2, 0.25) is 0 Å². The molecule has 432 valence electrons. The molecule has 10 rings (SSSR count). The van der Waals surface area contributed by atoms with Gasteiger partial charge in [-0.25, -0.2) is 4.98 Å². The van der Waals surface area contributed by atoms with Crippen molar-refractivity contribution in [2.45, 2.75) is 74.1 Å². The lowest BCUT2D eigenvalue weighted by Crippen LogP contribution is -2.53. The Kier molecular flexibility index (Phi) is 33.0. The van der Waals surface area contributed by atoms with Gasteiger partial charge in [-0.3, -0.25) is 9.80 Å². The predicted octanol–water partition coefficient (Wildman–Crippen LogP) is 8.63. The number of hydrogen-bond acceptors (Lipinski definition) is 13. The third-order valence-corrected chi connectivity index (χ3v) is 15.6. The van der Waals surface area contributed by atoms with Crippen molar-refractivity contribution in [3.05, 3.63) is 97.2 Å². The maximum absolute atomic E-state index is 4.46. The number of aromatic nitrogens is 1. The largest absolute Gasteiger partial charge is 0.369 e. The number of hydrogen-bond donors (Lipinski definition) is 1. The molecule has 0 aliphatic carbocycles. The molecule has 0 saturated carbocycles. The number of nitrogens with zero attached hydrogens (tertiary/aromatic N) is 13. The second kappa shape index (κ2) is 39.0. The van der Waals surface area contributed by atoms with E-state index < -0.39 is 0 Å². The Bertz CT molecular complexity index is 1920. The molecule has 8 heterocycles. The fourth-order valence-electron chi connectivity index (χ4n) is 11.2. The molecular formula is C63H110N14. The number of likely N-dealkylation sites (N-methyl/N-ethyl adjacent to an activating group) is 1. The second-order valence-corrected chi connectivity index (χ2v) is 21.1. The van der Waals surface area contributed by atoms with E-state index in [0.29, 0.717) is 0 Å². The number of nitrogens with one attached hydrogen (secondary N) is 1. The highest BCUT2D eigenvalue weighted by Crippen LogP contribution is 2.24. The van der Waals surface area contributed by atoms with Crippen molar-refractivity contribution < 1.29 is 0 Å². The van der Waals surface area contributed by atoms with E-state index in [1.165, 1.54) is 135 Å². The number of benzene rings is 2. The van der Waals surface area contributed by atoms with Crippen LogP contribution in [0.3, 0.4) is 0 Å². The molecule has 1 N–H and O–H groups in total. The first-order valence-corrected chi connectivity index (χ1v) is 30.4. The summed E-state index contributed by atoms with van der Waals surface area (Å²) >= 11 is 0. The number of para-hydroxylation sites is 2. The Balaban J connectivity index is 0.000000217. The number of likely N-dealkylation sites (tertiary alicyclic amines) is 2. The van der Waals surface area contributed by atoms with Gasteiger partial charge in [0, 0.05) is 175 Å². The minimum atomic E-state index is 0.873. The van der Waals surface area contributed by atoms with Crippen molar-refractivity contribution in [2.24, 2.45) is 28.0 Å². The average Bonchev–Trinajstić information content (AvgIpc) is 3.50. The van der Waals surface area contributed by atoms with Crippen LogP contribution in [0.15, 0.2) is 107 Å². The van der Waals surface area contributed by atoms with Gasteiger partial charge in [0.05, 0.1) is 0 Å². The molecule has 0 unspecified atom stereocenters. The summed E-state index contributed by atoms with van der Waals surface area (Å²) in [5.74, 6) is 4.75. The molecule has 0 spiro atoms. The van der Waals surface area contributed by atoms with E-state index in [1.807, 2.05) is 72.9 Å². The van der Waals surface area contributed by atoms with Gasteiger partial charge >= 0.3 is 0 Å². The number of piperidine rings is 2. The van der Waals surface area contributed by atoms with Crippen LogP contribution in [0.1, 0.15) is 74.1 Å². The Morgan fingerprint density at radius 2 is 0.948 bits per heavy atom. The van der Waals surface area contributed by atoms with Crippen molar-refractivity contribution in [2.75, 3.05) is 199 Å². The molecule has 3 aromatic rings. The highest BCUT2D eigenvalue weighted by molar-refractivity contribution is 5.93. The van der Waals surface area contributed by atoms with Crippen molar-refractivity contribution in [1.82, 2.24) is 44.6 Å². The van der Waals surface area contributed by atoms with Crippen LogP contribution in [0.4, 0.5) is 17.2 Å². The van der Waals surface area contributed by atoms with E-state index in [0.717, 1.165) is 94.9 Å². The maximum atomic E-state index is 4.46. The lowest BCUT2D eigenvalue weighted by molar-refractivity contribution is 0.0883. The molecule has 0 bridgehead atoms. The summed E-state index contributed by atoms with van der Waals surface area (Å²) in [7, 11) is 6.66. The SMILES string of the molecule is C=N/N=C(\C=C/C)N1CCN(CC2CCN(C)CC2)CC1.CC.CC.CC.CN1CC(CN2CCN(c3ccccc3)CC2)C1.CN1CCN(CC2CCN(c3ccccn3)CC2)CC1.c1ccc(N2CCNCC2)cc1. The van der Waals surface area contributed by atoms with Gasteiger partial charge < -0.3 is 44.5 Å². The maximum Gasteiger partial charge on any atom is 0.150 e. The van der Waals surface area contributed by atoms with E-state index in [1.54, 1.807) is 0 Å². The van der Waals surface area contributed by atoms with Crippen LogP contribution in [0, 0.1) is 17.8 Å². The third-order valence-electron chi connectivity index (χ3n) is 15.6. The first kappa shape index (κ1) is 65.1. The average molecular weight is 1060 g/mol. The number of piperazine rings is 4. The van der Waals surface area contributed by atoms with Crippen molar-refractivity contribution in [3.63, 3.8) is 0 Å². The van der Waals surface area contributed by atoms with Gasteiger partial charge in [-0.1, -0.05) is 90.1 Å². The molecule has 14 nitrogen and oxygen atoms in total. The summed E-state index contributed by atoms with van der Waals surface area (Å²) in [6.07, 6.45) is 11.2. The molecule has 2 aromatic carbocycles. The van der Waals surface area contributed by atoms with Crippen molar-refractivity contribution >= 4 is 29.7 Å². The van der Waals surface area contributed by atoms with E-state index in [4.69, 9.17) is 0 Å². The second-order valence-electron chi connectivity index (χ2n) is 21.1. The molecule has 14 heteroatoms. The Hall–Kier alpha value is -4.41. The summed E-state index contributed by atoms with van der Waals surface area (Å²) in [5.41, 5.74) is 2.72. The zero-order valence-electron chi connectivity index (χ0n) is 50.5.